The van der Waals surface area contributed by atoms with Crippen LogP contribution >= 0.6 is 19.3 Å². The van der Waals surface area contributed by atoms with Gasteiger partial charge in [0, 0.05) is 6.61 Å². The lowest BCUT2D eigenvalue weighted by atomic mass is 9.98. The molecule has 39 heavy (non-hydrogen) atoms. The molecule has 3 unspecified atom stereocenters. The molecule has 0 bridgehead atoms. The summed E-state index contributed by atoms with van der Waals surface area (Å²) in [6.45, 7) is 3.85. The quantitative estimate of drug-likeness (QED) is 0.241. The van der Waals surface area contributed by atoms with Crippen molar-refractivity contribution in [2.75, 3.05) is 18.5 Å². The van der Waals surface area contributed by atoms with Crippen LogP contribution in [0, 0.1) is 0 Å². The minimum Gasteiger partial charge on any atom is -0.480 e. The maximum absolute atomic E-state index is 15.5. The number of aliphatic hydroxyl groups is 1. The smallest absolute Gasteiger partial charge is 0.459 e. The molecular formula is C22H29ClFN6O8P. The number of anilines is 1. The van der Waals surface area contributed by atoms with Gasteiger partial charge < -0.3 is 35.3 Å². The Morgan fingerprint density at radius 3 is 2.85 bits per heavy atom. The number of fused-ring (bicyclic) bond motifs is 1. The van der Waals surface area contributed by atoms with Crippen molar-refractivity contribution in [1.82, 2.24) is 14.6 Å². The molecule has 2 aliphatic rings. The Morgan fingerprint density at radius 1 is 1.46 bits per heavy atom. The van der Waals surface area contributed by atoms with Crippen LogP contribution in [0.25, 0.3) is 0 Å². The summed E-state index contributed by atoms with van der Waals surface area (Å²) >= 11 is 6.09. The first-order chi connectivity index (χ1) is 18.4. The molecule has 0 spiro atoms. The highest BCUT2D eigenvalue weighted by Gasteiger charge is 2.56. The Bertz CT molecular complexity index is 1290. The molecule has 4 rings (SSSR count). The summed E-state index contributed by atoms with van der Waals surface area (Å²) in [5, 5.41) is 25.6. The third-order valence-electron chi connectivity index (χ3n) is 6.01. The molecule has 0 amide bonds. The van der Waals surface area contributed by atoms with E-state index in [0.717, 1.165) is 0 Å². The van der Waals surface area contributed by atoms with Crippen molar-refractivity contribution < 1.29 is 42.5 Å². The number of benzene rings is 1. The number of carboxylic acid groups (broad SMARTS) is 1. The molecule has 14 nitrogen and oxygen atoms in total. The van der Waals surface area contributed by atoms with Gasteiger partial charge in [-0.3, -0.25) is 13.9 Å². The fourth-order valence-electron chi connectivity index (χ4n) is 4.04. The highest BCUT2D eigenvalue weighted by Crippen LogP contribution is 2.49. The number of nitrogens with zero attached hydrogens (tertiary/aromatic N) is 3. The number of halogens is 2. The van der Waals surface area contributed by atoms with E-state index >= 15 is 4.39 Å². The summed E-state index contributed by atoms with van der Waals surface area (Å²) in [5.41, 5.74) is 4.11. The SMILES string of the molecule is CCOC1N=C(N)Nc2c1ncn2[C@@H]1O[C@H](COP(=O)(NC(C)C(=O)O)Oc2ccccc2Cl)[C@@H](F)[C@@]1(C)O. The average molecular weight is 591 g/mol. The number of imidazole rings is 1. The average Bonchev–Trinajstić information content (AvgIpc) is 3.37. The van der Waals surface area contributed by atoms with Crippen LogP contribution < -0.4 is 20.7 Å². The number of para-hydroxylation sites is 1. The van der Waals surface area contributed by atoms with Gasteiger partial charge in [-0.1, -0.05) is 23.7 Å². The summed E-state index contributed by atoms with van der Waals surface area (Å²) in [6, 6.07) is 4.66. The molecule has 0 radical (unpaired) electrons. The molecule has 6 N–H and O–H groups in total. The van der Waals surface area contributed by atoms with Crippen LogP contribution in [0.2, 0.25) is 5.02 Å². The molecule has 1 aromatic heterocycles. The summed E-state index contributed by atoms with van der Waals surface area (Å²) in [6.07, 6.45) is -4.31. The highest BCUT2D eigenvalue weighted by molar-refractivity contribution is 7.52. The molecule has 3 heterocycles. The lowest BCUT2D eigenvalue weighted by molar-refractivity contribution is -0.138. The van der Waals surface area contributed by atoms with Crippen LogP contribution in [0.4, 0.5) is 10.2 Å². The predicted molar refractivity (Wildman–Crippen MR) is 137 cm³/mol. The minimum atomic E-state index is -4.45. The summed E-state index contributed by atoms with van der Waals surface area (Å²) < 4.78 is 52.6. The van der Waals surface area contributed by atoms with Crippen molar-refractivity contribution in [2.24, 2.45) is 10.7 Å². The number of ether oxygens (including phenoxy) is 2. The molecule has 7 atom stereocenters. The van der Waals surface area contributed by atoms with E-state index in [-0.39, 0.29) is 22.5 Å². The van der Waals surface area contributed by atoms with Gasteiger partial charge in [0.05, 0.1) is 18.0 Å². The van der Waals surface area contributed by atoms with Crippen LogP contribution in [0.3, 0.4) is 0 Å². The van der Waals surface area contributed by atoms with Crippen molar-refractivity contribution in [3.05, 3.63) is 41.3 Å². The van der Waals surface area contributed by atoms with Crippen LogP contribution in [0.15, 0.2) is 35.6 Å². The van der Waals surface area contributed by atoms with E-state index in [9.17, 15) is 19.6 Å². The zero-order valence-corrected chi connectivity index (χ0v) is 22.8. The Kier molecular flexibility index (Phi) is 8.52. The largest absolute Gasteiger partial charge is 0.480 e. The Morgan fingerprint density at radius 2 is 2.18 bits per heavy atom. The predicted octanol–water partition coefficient (Wildman–Crippen LogP) is 2.56. The van der Waals surface area contributed by atoms with Gasteiger partial charge in [0.25, 0.3) is 0 Å². The number of rotatable bonds is 11. The van der Waals surface area contributed by atoms with E-state index < -0.39 is 56.7 Å². The van der Waals surface area contributed by atoms with Gasteiger partial charge in [0.1, 0.15) is 35.0 Å². The summed E-state index contributed by atoms with van der Waals surface area (Å²) in [7, 11) is -4.45. The van der Waals surface area contributed by atoms with Crippen LogP contribution in [-0.4, -0.2) is 68.8 Å². The number of hydrogen-bond donors (Lipinski definition) is 5. The highest BCUT2D eigenvalue weighted by atomic mass is 35.5. The number of aliphatic carboxylic acids is 1. The lowest BCUT2D eigenvalue weighted by Crippen LogP contribution is -2.42. The number of nitrogens with two attached hydrogens (primary N) is 1. The minimum absolute atomic E-state index is 0.0216. The topological polar surface area (TPSA) is 192 Å². The van der Waals surface area contributed by atoms with Crippen molar-refractivity contribution in [1.29, 1.82) is 0 Å². The van der Waals surface area contributed by atoms with Crippen molar-refractivity contribution in [2.45, 2.75) is 57.1 Å². The first kappa shape index (κ1) is 29.2. The van der Waals surface area contributed by atoms with Gasteiger partial charge in [-0.2, -0.15) is 5.09 Å². The Hall–Kier alpha value is -2.78. The molecular weight excluding hydrogens is 562 g/mol. The number of alkyl halides is 1. The molecule has 0 aliphatic carbocycles. The number of carbonyl (C=O) groups is 1. The second kappa shape index (κ2) is 11.4. The fourth-order valence-corrected chi connectivity index (χ4v) is 5.79. The monoisotopic (exact) mass is 590 g/mol. The molecule has 0 saturated carbocycles. The van der Waals surface area contributed by atoms with Gasteiger partial charge in [-0.15, -0.1) is 0 Å². The zero-order valence-electron chi connectivity index (χ0n) is 21.2. The van der Waals surface area contributed by atoms with Gasteiger partial charge >= 0.3 is 13.7 Å². The molecule has 17 heteroatoms. The molecule has 2 aromatic rings. The third kappa shape index (κ3) is 6.04. The van der Waals surface area contributed by atoms with E-state index in [4.69, 9.17) is 35.9 Å². The first-order valence-corrected chi connectivity index (χ1v) is 13.8. The maximum atomic E-state index is 15.5. The summed E-state index contributed by atoms with van der Waals surface area (Å²) in [5.74, 6) is -1.09. The molecule has 2 aliphatic heterocycles. The zero-order chi connectivity index (χ0) is 28.5. The maximum Gasteiger partial charge on any atom is 0.459 e. The fraction of sp³-hybridized carbons (Fsp3) is 0.500. The van der Waals surface area contributed by atoms with Crippen LogP contribution in [0.1, 0.15) is 38.9 Å². The molecule has 1 saturated heterocycles. The van der Waals surface area contributed by atoms with Crippen LogP contribution in [0.5, 0.6) is 5.75 Å². The van der Waals surface area contributed by atoms with E-state index in [1.54, 1.807) is 19.1 Å². The van der Waals surface area contributed by atoms with Crippen molar-refractivity contribution >= 4 is 37.1 Å². The van der Waals surface area contributed by atoms with Crippen molar-refractivity contribution in [3.63, 3.8) is 0 Å². The number of nitrogens with one attached hydrogen (secondary N) is 2. The second-order valence-electron chi connectivity index (χ2n) is 8.99. The molecule has 1 aromatic carbocycles. The Labute approximate surface area is 227 Å². The van der Waals surface area contributed by atoms with E-state index in [2.05, 4.69) is 20.4 Å². The van der Waals surface area contributed by atoms with Gasteiger partial charge in [0.15, 0.2) is 24.6 Å². The second-order valence-corrected chi connectivity index (χ2v) is 11.1. The van der Waals surface area contributed by atoms with Gasteiger partial charge in [0.2, 0.25) is 0 Å². The van der Waals surface area contributed by atoms with Gasteiger partial charge in [-0.05, 0) is 32.9 Å². The van der Waals surface area contributed by atoms with Crippen molar-refractivity contribution in [3.8, 4) is 5.75 Å². The number of hydrogen-bond acceptors (Lipinski definition) is 11. The number of aliphatic imine (C=N–C) groups is 1. The molecule has 214 valence electrons. The van der Waals surface area contributed by atoms with Crippen LogP contribution in [-0.2, 0) is 23.4 Å². The lowest BCUT2D eigenvalue weighted by Gasteiger charge is -2.28. The number of carboxylic acids is 1. The first-order valence-electron chi connectivity index (χ1n) is 11.9. The van der Waals surface area contributed by atoms with Gasteiger partial charge in [-0.25, -0.2) is 18.9 Å². The van der Waals surface area contributed by atoms with E-state index in [1.807, 2.05) is 0 Å². The van der Waals surface area contributed by atoms with E-state index in [0.29, 0.717) is 12.3 Å². The number of guanidine groups is 1. The molecule has 1 fully saturated rings. The Balaban J connectivity index is 1.55. The summed E-state index contributed by atoms with van der Waals surface area (Å²) in [4.78, 5) is 19.8. The third-order valence-corrected chi connectivity index (χ3v) is 7.95. The normalized spacial score (nSPS) is 28.6. The number of aromatic nitrogens is 2. The van der Waals surface area contributed by atoms with E-state index in [1.165, 1.54) is 36.9 Å². The standard InChI is InChI=1S/C22H29ClFN6O8P/c1-4-35-18-15-17(27-21(25)28-18)30(10-26-15)20-22(3,33)16(24)14(37-20)9-36-39(34,29-11(2)19(31)32)38-13-8-6-5-7-12(13)23/h5-8,10-11,14,16,18,20,33H,4,9H2,1-3H3,(H,29,34)(H,31,32)(H3,25,27,28)/t11?,14-,16-,18?,20-,22-,39?/m1/s1.